The Morgan fingerprint density at radius 3 is 2.59 bits per heavy atom. The maximum Gasteiger partial charge on any atom is 0.247 e. The van der Waals surface area contributed by atoms with Crippen LogP contribution < -0.4 is 14.8 Å². The molecule has 8 nitrogen and oxygen atoms in total. The first-order valence-corrected chi connectivity index (χ1v) is 10.1. The van der Waals surface area contributed by atoms with E-state index in [1.807, 2.05) is 0 Å². The van der Waals surface area contributed by atoms with Gasteiger partial charge >= 0.3 is 0 Å². The summed E-state index contributed by atoms with van der Waals surface area (Å²) in [5.74, 6) is -2.37. The molecular formula is C22H23F2N5O3. The molecule has 1 aromatic carbocycles. The molecule has 2 aromatic heterocycles. The monoisotopic (exact) mass is 443 g/mol. The first-order chi connectivity index (χ1) is 15.5. The molecule has 0 radical (unpaired) electrons. The van der Waals surface area contributed by atoms with Crippen LogP contribution in [0.5, 0.6) is 11.5 Å². The Hall–Kier alpha value is -3.69. The molecule has 32 heavy (non-hydrogen) atoms. The third-order valence-corrected chi connectivity index (χ3v) is 5.71. The lowest BCUT2D eigenvalue weighted by Gasteiger charge is -2.19. The molecule has 0 spiro atoms. The van der Waals surface area contributed by atoms with E-state index < -0.39 is 17.6 Å². The molecule has 0 saturated heterocycles. The molecule has 4 rings (SSSR count). The van der Waals surface area contributed by atoms with Gasteiger partial charge in [0.1, 0.15) is 11.4 Å². The van der Waals surface area contributed by atoms with Gasteiger partial charge in [0.15, 0.2) is 23.1 Å². The highest BCUT2D eigenvalue weighted by Crippen LogP contribution is 2.41. The van der Waals surface area contributed by atoms with Crippen molar-refractivity contribution in [2.75, 3.05) is 19.5 Å². The van der Waals surface area contributed by atoms with E-state index in [-0.39, 0.29) is 23.0 Å². The molecule has 0 bridgehead atoms. The summed E-state index contributed by atoms with van der Waals surface area (Å²) in [4.78, 5) is 11.7. The summed E-state index contributed by atoms with van der Waals surface area (Å²) in [5, 5.41) is 17.0. The molecule has 10 heteroatoms. The van der Waals surface area contributed by atoms with Crippen molar-refractivity contribution in [2.24, 2.45) is 0 Å². The number of aromatic nitrogens is 4. The smallest absolute Gasteiger partial charge is 0.247 e. The van der Waals surface area contributed by atoms with E-state index in [1.54, 1.807) is 6.20 Å². The largest absolute Gasteiger partial charge is 0.494 e. The van der Waals surface area contributed by atoms with Crippen molar-refractivity contribution >= 4 is 11.6 Å². The van der Waals surface area contributed by atoms with Crippen molar-refractivity contribution in [3.63, 3.8) is 0 Å². The average molecular weight is 443 g/mol. The minimum absolute atomic E-state index is 0.0519. The Balaban J connectivity index is 1.71. The normalized spacial score (nSPS) is 15.6. The zero-order valence-corrected chi connectivity index (χ0v) is 17.7. The molecule has 168 valence electrons. The Kier molecular flexibility index (Phi) is 5.93. The second-order valence-electron chi connectivity index (χ2n) is 7.49. The SMILES string of the molecule is C=CC(=O)Nc1c[nH]nc1-c1n[nH]c2c1CCCC(c1c(F)c(OC)cc(OC)c1F)C2. The number of benzene rings is 1. The molecule has 1 aliphatic rings. The first-order valence-electron chi connectivity index (χ1n) is 10.1. The van der Waals surface area contributed by atoms with Crippen LogP contribution in [0.1, 0.15) is 35.6 Å². The number of methoxy groups -OCH3 is 2. The van der Waals surface area contributed by atoms with Gasteiger partial charge < -0.3 is 14.8 Å². The van der Waals surface area contributed by atoms with Gasteiger partial charge in [0.05, 0.1) is 19.9 Å². The molecule has 1 amide bonds. The summed E-state index contributed by atoms with van der Waals surface area (Å²) in [6, 6.07) is 1.21. The van der Waals surface area contributed by atoms with Crippen molar-refractivity contribution in [2.45, 2.75) is 31.6 Å². The lowest BCUT2D eigenvalue weighted by atomic mass is 9.90. The minimum Gasteiger partial charge on any atom is -0.494 e. The first kappa shape index (κ1) is 21.5. The van der Waals surface area contributed by atoms with E-state index in [9.17, 15) is 4.79 Å². The zero-order valence-electron chi connectivity index (χ0n) is 17.7. The number of hydrogen-bond acceptors (Lipinski definition) is 5. The summed E-state index contributed by atoms with van der Waals surface area (Å²) in [6.07, 6.45) is 4.96. The van der Waals surface area contributed by atoms with E-state index >= 15 is 8.78 Å². The quantitative estimate of drug-likeness (QED) is 0.396. The van der Waals surface area contributed by atoms with Crippen molar-refractivity contribution in [1.82, 2.24) is 20.4 Å². The van der Waals surface area contributed by atoms with Crippen LogP contribution in [0, 0.1) is 11.6 Å². The van der Waals surface area contributed by atoms with E-state index in [2.05, 4.69) is 32.3 Å². The number of nitrogens with one attached hydrogen (secondary N) is 3. The van der Waals surface area contributed by atoms with Crippen molar-refractivity contribution in [3.8, 4) is 22.9 Å². The Labute approximate surface area is 183 Å². The highest BCUT2D eigenvalue weighted by atomic mass is 19.1. The molecule has 2 heterocycles. The summed E-state index contributed by atoms with van der Waals surface area (Å²) >= 11 is 0. The fourth-order valence-corrected chi connectivity index (χ4v) is 4.17. The number of rotatable bonds is 6. The minimum atomic E-state index is -0.722. The van der Waals surface area contributed by atoms with Crippen LogP contribution in [0.15, 0.2) is 24.9 Å². The summed E-state index contributed by atoms with van der Waals surface area (Å²) in [5.41, 5.74) is 3.17. The molecule has 1 atom stereocenters. The molecule has 1 unspecified atom stereocenters. The van der Waals surface area contributed by atoms with Crippen molar-refractivity contribution < 1.29 is 23.0 Å². The fraction of sp³-hybridized carbons (Fsp3) is 0.318. The summed E-state index contributed by atoms with van der Waals surface area (Å²) < 4.78 is 40.3. The lowest BCUT2D eigenvalue weighted by Crippen LogP contribution is -2.10. The number of halogens is 2. The third kappa shape index (κ3) is 3.72. The van der Waals surface area contributed by atoms with Crippen molar-refractivity contribution in [1.29, 1.82) is 0 Å². The fourth-order valence-electron chi connectivity index (χ4n) is 4.17. The molecular weight excluding hydrogens is 420 g/mol. The maximum atomic E-state index is 15.1. The second kappa shape index (κ2) is 8.81. The van der Waals surface area contributed by atoms with Crippen LogP contribution in [0.25, 0.3) is 11.4 Å². The number of ether oxygens (including phenoxy) is 2. The Bertz CT molecular complexity index is 1140. The predicted molar refractivity (Wildman–Crippen MR) is 114 cm³/mol. The standard InChI is InChI=1S/C22H23F2N5O3/c1-4-17(30)26-14-10-25-28-22(14)21-12-7-5-6-11(8-13(12)27-29-21)18-19(23)15(31-2)9-16(32-3)20(18)24/h4,9-11H,1,5-8H2,2-3H3,(H,25,28)(H,26,30)(H,27,29). The van der Waals surface area contributed by atoms with Gasteiger partial charge in [-0.2, -0.15) is 10.2 Å². The maximum absolute atomic E-state index is 15.1. The van der Waals surface area contributed by atoms with E-state index in [0.29, 0.717) is 42.8 Å². The summed E-state index contributed by atoms with van der Waals surface area (Å²) in [7, 11) is 2.66. The molecule has 3 aromatic rings. The van der Waals surface area contributed by atoms with Crippen LogP contribution >= 0.6 is 0 Å². The molecule has 1 aliphatic carbocycles. The topological polar surface area (TPSA) is 105 Å². The van der Waals surface area contributed by atoms with Gasteiger partial charge in [0.2, 0.25) is 5.91 Å². The molecule has 3 N–H and O–H groups in total. The number of amides is 1. The number of carbonyl (C=O) groups is 1. The number of hydrogen-bond donors (Lipinski definition) is 3. The van der Waals surface area contributed by atoms with Gasteiger partial charge in [-0.05, 0) is 37.7 Å². The van der Waals surface area contributed by atoms with Crippen LogP contribution in [0.4, 0.5) is 14.5 Å². The number of aromatic amines is 2. The van der Waals surface area contributed by atoms with Gasteiger partial charge in [-0.3, -0.25) is 15.0 Å². The number of anilines is 1. The van der Waals surface area contributed by atoms with Crippen LogP contribution in [-0.4, -0.2) is 40.5 Å². The highest BCUT2D eigenvalue weighted by molar-refractivity contribution is 6.01. The Morgan fingerprint density at radius 2 is 1.94 bits per heavy atom. The van der Waals surface area contributed by atoms with Crippen molar-refractivity contribution in [3.05, 3.63) is 53.4 Å². The highest BCUT2D eigenvalue weighted by Gasteiger charge is 2.31. The van der Waals surface area contributed by atoms with Gasteiger partial charge in [0.25, 0.3) is 0 Å². The molecule has 0 fully saturated rings. The molecule has 0 saturated carbocycles. The lowest BCUT2D eigenvalue weighted by molar-refractivity contribution is -0.111. The van der Waals surface area contributed by atoms with E-state index in [4.69, 9.17) is 9.47 Å². The van der Waals surface area contributed by atoms with E-state index in [1.165, 1.54) is 20.3 Å². The van der Waals surface area contributed by atoms with Gasteiger partial charge in [0, 0.05) is 29.1 Å². The number of nitrogens with zero attached hydrogens (tertiary/aromatic N) is 2. The molecule has 0 aliphatic heterocycles. The predicted octanol–water partition coefficient (Wildman–Crippen LogP) is 3.88. The van der Waals surface area contributed by atoms with Gasteiger partial charge in [-0.15, -0.1) is 0 Å². The summed E-state index contributed by atoms with van der Waals surface area (Å²) in [6.45, 7) is 3.45. The number of carbonyl (C=O) groups excluding carboxylic acids is 1. The third-order valence-electron chi connectivity index (χ3n) is 5.71. The van der Waals surface area contributed by atoms with E-state index in [0.717, 1.165) is 17.3 Å². The van der Waals surface area contributed by atoms with Crippen LogP contribution in [0.3, 0.4) is 0 Å². The number of H-pyrrole nitrogens is 2. The zero-order chi connectivity index (χ0) is 22.8. The Morgan fingerprint density at radius 1 is 1.22 bits per heavy atom. The second-order valence-corrected chi connectivity index (χ2v) is 7.49. The average Bonchev–Trinajstić information content (AvgIpc) is 3.34. The van der Waals surface area contributed by atoms with Gasteiger partial charge in [-0.25, -0.2) is 8.78 Å². The van der Waals surface area contributed by atoms with Crippen LogP contribution in [-0.2, 0) is 17.6 Å². The van der Waals surface area contributed by atoms with Gasteiger partial charge in [-0.1, -0.05) is 6.58 Å². The number of fused-ring (bicyclic) bond motifs is 1. The van der Waals surface area contributed by atoms with Crippen LogP contribution in [0.2, 0.25) is 0 Å².